The van der Waals surface area contributed by atoms with Gasteiger partial charge >= 0.3 is 6.16 Å². The van der Waals surface area contributed by atoms with E-state index in [1.54, 1.807) is 0 Å². The van der Waals surface area contributed by atoms with Crippen molar-refractivity contribution in [3.05, 3.63) is 11.6 Å². The van der Waals surface area contributed by atoms with E-state index in [-0.39, 0.29) is 17.1 Å². The van der Waals surface area contributed by atoms with Gasteiger partial charge < -0.3 is 9.47 Å². The van der Waals surface area contributed by atoms with Gasteiger partial charge in [0, 0.05) is 12.3 Å². The van der Waals surface area contributed by atoms with Crippen molar-refractivity contribution < 1.29 is 14.3 Å². The Kier molecular flexibility index (Phi) is 2.74. The number of allylic oxidation sites excluding steroid dienone is 1. The third-order valence-electron chi connectivity index (χ3n) is 5.67. The monoisotopic (exact) mass is 264 g/mol. The summed E-state index contributed by atoms with van der Waals surface area (Å²) in [6, 6.07) is 0. The van der Waals surface area contributed by atoms with Crippen LogP contribution < -0.4 is 0 Å². The number of carbonyl (C=O) groups excluding carboxylic acids is 1. The highest BCUT2D eigenvalue weighted by atomic mass is 16.7. The van der Waals surface area contributed by atoms with Crippen molar-refractivity contribution in [3.63, 3.8) is 0 Å². The van der Waals surface area contributed by atoms with Crippen molar-refractivity contribution >= 4 is 6.16 Å². The molecule has 4 atom stereocenters. The molecule has 0 spiro atoms. The Bertz CT molecular complexity index is 439. The molecule has 1 saturated carbocycles. The number of hydrogen-bond donors (Lipinski definition) is 0. The molecule has 0 radical (unpaired) electrons. The minimum Gasteiger partial charge on any atom is -0.430 e. The summed E-state index contributed by atoms with van der Waals surface area (Å²) in [6.07, 6.45) is 5.91. The van der Waals surface area contributed by atoms with Crippen LogP contribution in [0.25, 0.3) is 0 Å². The minimum atomic E-state index is -0.464. The molecule has 1 saturated heterocycles. The molecule has 3 heteroatoms. The molecule has 3 aliphatic rings. The van der Waals surface area contributed by atoms with Gasteiger partial charge in [0.05, 0.1) is 0 Å². The standard InChI is InChI=1S/C16H24O3/c1-10(2)16-8-7-15(4)6-5-11(3)9-12(13(15)16)18-14(17)19-16/h5,10,12-13H,6-9H2,1-4H3/t12-,13+,15-,16+/m0/s1. The third kappa shape index (κ3) is 1.73. The van der Waals surface area contributed by atoms with Crippen LogP contribution in [0.5, 0.6) is 0 Å². The second-order valence-electron chi connectivity index (χ2n) is 7.21. The fourth-order valence-electron chi connectivity index (χ4n) is 4.59. The lowest BCUT2D eigenvalue weighted by Crippen LogP contribution is -2.56. The molecule has 0 amide bonds. The summed E-state index contributed by atoms with van der Waals surface area (Å²) in [6.45, 7) is 8.83. The van der Waals surface area contributed by atoms with Crippen LogP contribution in [0.1, 0.15) is 53.4 Å². The number of ether oxygens (including phenoxy) is 2. The maximum atomic E-state index is 11.9. The zero-order valence-corrected chi connectivity index (χ0v) is 12.4. The maximum Gasteiger partial charge on any atom is 0.509 e. The van der Waals surface area contributed by atoms with Crippen LogP contribution in [0.2, 0.25) is 0 Å². The van der Waals surface area contributed by atoms with E-state index >= 15 is 0 Å². The van der Waals surface area contributed by atoms with Crippen LogP contribution in [0.15, 0.2) is 11.6 Å². The van der Waals surface area contributed by atoms with Crippen molar-refractivity contribution in [3.8, 4) is 0 Å². The largest absolute Gasteiger partial charge is 0.509 e. The quantitative estimate of drug-likeness (QED) is 0.529. The second kappa shape index (κ2) is 4.00. The topological polar surface area (TPSA) is 35.5 Å². The fraction of sp³-hybridized carbons (Fsp3) is 0.812. The van der Waals surface area contributed by atoms with Crippen molar-refractivity contribution in [1.82, 2.24) is 0 Å². The van der Waals surface area contributed by atoms with Gasteiger partial charge in [-0.15, -0.1) is 0 Å². The SMILES string of the molecule is CC1=CC[C@@]2(C)CC[C@]3(C(C)C)OC(=O)O[C@@H](C1)[C@H]23. The van der Waals surface area contributed by atoms with Crippen molar-refractivity contribution in [1.29, 1.82) is 0 Å². The van der Waals surface area contributed by atoms with Gasteiger partial charge in [-0.2, -0.15) is 0 Å². The Balaban J connectivity index is 2.08. The van der Waals surface area contributed by atoms with E-state index in [1.165, 1.54) is 5.57 Å². The summed E-state index contributed by atoms with van der Waals surface area (Å²) in [7, 11) is 0. The zero-order valence-electron chi connectivity index (χ0n) is 12.4. The van der Waals surface area contributed by atoms with Gasteiger partial charge in [-0.1, -0.05) is 32.4 Å². The molecule has 0 aromatic rings. The highest BCUT2D eigenvalue weighted by Crippen LogP contribution is 2.61. The Morgan fingerprint density at radius 2 is 2.11 bits per heavy atom. The Labute approximate surface area is 115 Å². The molecule has 3 rings (SSSR count). The predicted molar refractivity (Wildman–Crippen MR) is 72.7 cm³/mol. The highest BCUT2D eigenvalue weighted by molar-refractivity contribution is 5.62. The summed E-state index contributed by atoms with van der Waals surface area (Å²) in [4.78, 5) is 11.9. The molecule has 1 heterocycles. The maximum absolute atomic E-state index is 11.9. The lowest BCUT2D eigenvalue weighted by atomic mass is 9.67. The molecule has 2 aliphatic carbocycles. The molecule has 2 fully saturated rings. The van der Waals surface area contributed by atoms with Gasteiger partial charge in [-0.05, 0) is 37.5 Å². The van der Waals surface area contributed by atoms with Crippen LogP contribution in [0.4, 0.5) is 4.79 Å². The Morgan fingerprint density at radius 3 is 2.79 bits per heavy atom. The molecular weight excluding hydrogens is 240 g/mol. The first-order valence-electron chi connectivity index (χ1n) is 7.43. The molecule has 0 N–H and O–H groups in total. The van der Waals surface area contributed by atoms with Crippen LogP contribution >= 0.6 is 0 Å². The lowest BCUT2D eigenvalue weighted by Gasteiger charge is -2.48. The van der Waals surface area contributed by atoms with Gasteiger partial charge in [0.1, 0.15) is 11.7 Å². The zero-order chi connectivity index (χ0) is 13.8. The molecule has 1 aliphatic heterocycles. The first-order valence-corrected chi connectivity index (χ1v) is 7.43. The lowest BCUT2D eigenvalue weighted by molar-refractivity contribution is -0.181. The summed E-state index contributed by atoms with van der Waals surface area (Å²) in [5.74, 6) is 0.666. The third-order valence-corrected chi connectivity index (χ3v) is 5.67. The second-order valence-corrected chi connectivity index (χ2v) is 7.21. The molecule has 3 nitrogen and oxygen atoms in total. The van der Waals surface area contributed by atoms with Crippen molar-refractivity contribution in [2.24, 2.45) is 17.3 Å². The smallest absolute Gasteiger partial charge is 0.430 e. The van der Waals surface area contributed by atoms with E-state index in [2.05, 4.69) is 33.8 Å². The van der Waals surface area contributed by atoms with Gasteiger partial charge in [0.2, 0.25) is 0 Å². The summed E-state index contributed by atoms with van der Waals surface area (Å²) >= 11 is 0. The summed E-state index contributed by atoms with van der Waals surface area (Å²) < 4.78 is 11.3. The Hall–Kier alpha value is -0.990. The first-order chi connectivity index (χ1) is 8.87. The van der Waals surface area contributed by atoms with Crippen LogP contribution in [0.3, 0.4) is 0 Å². The van der Waals surface area contributed by atoms with E-state index in [0.717, 1.165) is 25.7 Å². The highest BCUT2D eigenvalue weighted by Gasteiger charge is 2.64. The number of carbonyl (C=O) groups is 1. The molecule has 0 unspecified atom stereocenters. The molecule has 0 aromatic carbocycles. The van der Waals surface area contributed by atoms with E-state index in [0.29, 0.717) is 11.8 Å². The minimum absolute atomic E-state index is 0.00472. The average molecular weight is 264 g/mol. The average Bonchev–Trinajstić information content (AvgIpc) is 2.55. The first kappa shape index (κ1) is 13.0. The molecule has 0 aromatic heterocycles. The molecule has 0 bridgehead atoms. The number of rotatable bonds is 1. The van der Waals surface area contributed by atoms with E-state index in [9.17, 15) is 4.79 Å². The van der Waals surface area contributed by atoms with Gasteiger partial charge in [0.15, 0.2) is 0 Å². The fourth-order valence-corrected chi connectivity index (χ4v) is 4.59. The van der Waals surface area contributed by atoms with Crippen molar-refractivity contribution in [2.75, 3.05) is 0 Å². The normalized spacial score (nSPS) is 45.1. The Morgan fingerprint density at radius 1 is 1.37 bits per heavy atom. The van der Waals surface area contributed by atoms with Crippen molar-refractivity contribution in [2.45, 2.75) is 65.1 Å². The van der Waals surface area contributed by atoms with Crippen LogP contribution in [0, 0.1) is 17.3 Å². The van der Waals surface area contributed by atoms with Gasteiger partial charge in [0.25, 0.3) is 0 Å². The van der Waals surface area contributed by atoms with Gasteiger partial charge in [-0.25, -0.2) is 4.79 Å². The molecular formula is C16H24O3. The molecule has 106 valence electrons. The number of hydrogen-bond acceptors (Lipinski definition) is 3. The molecule has 19 heavy (non-hydrogen) atoms. The van der Waals surface area contributed by atoms with Gasteiger partial charge in [-0.3, -0.25) is 0 Å². The predicted octanol–water partition coefficient (Wildman–Crippen LogP) is 4.07. The van der Waals surface area contributed by atoms with E-state index < -0.39 is 6.16 Å². The summed E-state index contributed by atoms with van der Waals surface area (Å²) in [5.41, 5.74) is 1.23. The van der Waals surface area contributed by atoms with Crippen LogP contribution in [-0.2, 0) is 9.47 Å². The van der Waals surface area contributed by atoms with E-state index in [1.807, 2.05) is 0 Å². The summed E-state index contributed by atoms with van der Waals surface area (Å²) in [5, 5.41) is 0. The van der Waals surface area contributed by atoms with Crippen LogP contribution in [-0.4, -0.2) is 17.9 Å². The van der Waals surface area contributed by atoms with E-state index in [4.69, 9.17) is 9.47 Å².